The minimum Gasteiger partial charge on any atom is -0.458 e. The summed E-state index contributed by atoms with van der Waals surface area (Å²) in [4.78, 5) is 22.7. The Kier molecular flexibility index (Phi) is 4.94. The first-order chi connectivity index (χ1) is 8.15. The molecule has 1 rings (SSSR count). The monoisotopic (exact) mass is 233 g/mol. The van der Waals surface area contributed by atoms with Crippen molar-refractivity contribution in [1.82, 2.24) is 4.57 Å². The molecule has 0 atom stereocenters. The minimum absolute atomic E-state index is 0.158. The Bertz CT molecular complexity index is 498. The number of carbonyl (C=O) groups excluding carboxylic acids is 1. The first-order valence-electron chi connectivity index (χ1n) is 5.27. The molecule has 4 heteroatoms. The molecule has 0 radical (unpaired) electrons. The number of aryl methyl sites for hydroxylation is 1. The molecule has 0 aliphatic carbocycles. The molecule has 0 aromatic carbocycles. The van der Waals surface area contributed by atoms with Gasteiger partial charge in [-0.1, -0.05) is 18.2 Å². The van der Waals surface area contributed by atoms with E-state index in [0.29, 0.717) is 5.56 Å². The van der Waals surface area contributed by atoms with Gasteiger partial charge in [0.25, 0.3) is 0 Å². The van der Waals surface area contributed by atoms with E-state index in [4.69, 9.17) is 4.74 Å². The topological polar surface area (TPSA) is 48.3 Å². The zero-order valence-electron chi connectivity index (χ0n) is 9.92. The lowest BCUT2D eigenvalue weighted by Gasteiger charge is -2.03. The number of ether oxygens (including phenoxy) is 1. The summed E-state index contributed by atoms with van der Waals surface area (Å²) < 4.78 is 6.33. The third-order valence-electron chi connectivity index (χ3n) is 2.07. The van der Waals surface area contributed by atoms with Gasteiger partial charge in [0.2, 0.25) is 5.56 Å². The maximum atomic E-state index is 11.6. The summed E-state index contributed by atoms with van der Waals surface area (Å²) >= 11 is 0. The Hall–Kier alpha value is -2.10. The first-order valence-corrected chi connectivity index (χ1v) is 5.27. The maximum Gasteiger partial charge on any atom is 0.339 e. The van der Waals surface area contributed by atoms with E-state index in [-0.39, 0.29) is 12.2 Å². The molecular formula is C13H15NO3. The summed E-state index contributed by atoms with van der Waals surface area (Å²) in [6, 6.07) is 2.80. The number of rotatable bonds is 4. The molecule has 1 aromatic heterocycles. The number of allylic oxidation sites excluding steroid dienone is 3. The number of nitrogens with zero attached hydrogens (tertiary/aromatic N) is 1. The van der Waals surface area contributed by atoms with E-state index in [2.05, 4.69) is 0 Å². The van der Waals surface area contributed by atoms with Crippen LogP contribution in [0.5, 0.6) is 0 Å². The number of hydrogen-bond acceptors (Lipinski definition) is 3. The molecule has 1 heterocycles. The summed E-state index contributed by atoms with van der Waals surface area (Å²) in [5.74, 6) is -0.439. The highest BCUT2D eigenvalue weighted by atomic mass is 16.5. The number of aromatic nitrogens is 1. The average Bonchev–Trinajstić information content (AvgIpc) is 2.32. The van der Waals surface area contributed by atoms with Crippen LogP contribution in [-0.2, 0) is 11.8 Å². The molecule has 90 valence electrons. The molecule has 0 saturated carbocycles. The van der Waals surface area contributed by atoms with Crippen molar-refractivity contribution in [3.8, 4) is 0 Å². The second-order valence-corrected chi connectivity index (χ2v) is 3.42. The van der Waals surface area contributed by atoms with Crippen LogP contribution in [0.4, 0.5) is 0 Å². The normalized spacial score (nSPS) is 11.2. The van der Waals surface area contributed by atoms with Crippen LogP contribution in [0, 0.1) is 0 Å². The molecule has 0 aliphatic heterocycles. The molecule has 0 aliphatic rings. The molecule has 0 N–H and O–H groups in total. The lowest BCUT2D eigenvalue weighted by atomic mass is 10.3. The van der Waals surface area contributed by atoms with Crippen LogP contribution in [0.1, 0.15) is 17.3 Å². The Balaban J connectivity index is 2.58. The molecule has 17 heavy (non-hydrogen) atoms. The lowest BCUT2D eigenvalue weighted by molar-refractivity contribution is 0.0548. The molecule has 0 unspecified atom stereocenters. The van der Waals surface area contributed by atoms with Gasteiger partial charge < -0.3 is 9.30 Å². The van der Waals surface area contributed by atoms with E-state index in [1.54, 1.807) is 19.2 Å². The van der Waals surface area contributed by atoms with Crippen molar-refractivity contribution in [2.75, 3.05) is 6.61 Å². The van der Waals surface area contributed by atoms with Crippen LogP contribution in [0.3, 0.4) is 0 Å². The zero-order chi connectivity index (χ0) is 12.7. The van der Waals surface area contributed by atoms with Crippen molar-refractivity contribution >= 4 is 5.97 Å². The minimum atomic E-state index is -0.439. The molecule has 4 nitrogen and oxygen atoms in total. The van der Waals surface area contributed by atoms with Gasteiger partial charge in [-0.2, -0.15) is 0 Å². The largest absolute Gasteiger partial charge is 0.458 e. The Morgan fingerprint density at radius 1 is 1.41 bits per heavy atom. The van der Waals surface area contributed by atoms with Crippen LogP contribution in [0.15, 0.2) is 47.4 Å². The van der Waals surface area contributed by atoms with Gasteiger partial charge in [0, 0.05) is 19.3 Å². The van der Waals surface area contributed by atoms with E-state index in [0.717, 1.165) is 0 Å². The second-order valence-electron chi connectivity index (χ2n) is 3.42. The van der Waals surface area contributed by atoms with E-state index in [1.165, 1.54) is 22.9 Å². The van der Waals surface area contributed by atoms with Crippen LogP contribution >= 0.6 is 0 Å². The Labute approximate surface area is 99.8 Å². The predicted molar refractivity (Wildman–Crippen MR) is 65.9 cm³/mol. The van der Waals surface area contributed by atoms with Crippen LogP contribution in [-0.4, -0.2) is 17.1 Å². The van der Waals surface area contributed by atoms with Gasteiger partial charge in [0.1, 0.15) is 6.61 Å². The third kappa shape index (κ3) is 4.10. The summed E-state index contributed by atoms with van der Waals surface area (Å²) in [5.41, 5.74) is 0.209. The fraction of sp³-hybridized carbons (Fsp3) is 0.231. The van der Waals surface area contributed by atoms with Crippen LogP contribution < -0.4 is 5.56 Å². The highest BCUT2D eigenvalue weighted by molar-refractivity contribution is 5.89. The molecule has 1 aromatic rings. The smallest absolute Gasteiger partial charge is 0.339 e. The molecule has 0 fully saturated rings. The van der Waals surface area contributed by atoms with E-state index >= 15 is 0 Å². The van der Waals surface area contributed by atoms with E-state index < -0.39 is 5.97 Å². The third-order valence-corrected chi connectivity index (χ3v) is 2.07. The highest BCUT2D eigenvalue weighted by Gasteiger charge is 2.06. The summed E-state index contributed by atoms with van der Waals surface area (Å²) in [5, 5.41) is 0. The highest BCUT2D eigenvalue weighted by Crippen LogP contribution is 1.98. The molecule has 0 spiro atoms. The predicted octanol–water partition coefficient (Wildman–Crippen LogP) is 1.67. The van der Waals surface area contributed by atoms with Crippen molar-refractivity contribution in [2.45, 2.75) is 6.92 Å². The Morgan fingerprint density at radius 2 is 2.18 bits per heavy atom. The van der Waals surface area contributed by atoms with Gasteiger partial charge in [0.05, 0.1) is 5.56 Å². The standard InChI is InChI=1S/C13H15NO3/c1-3-4-5-6-9-17-13(16)11-7-8-12(15)14(2)10-11/h3-8,10H,9H2,1-2H3/b4-3+,6-5+. The molecule has 0 saturated heterocycles. The van der Waals surface area contributed by atoms with Gasteiger partial charge in [-0.15, -0.1) is 0 Å². The van der Waals surface area contributed by atoms with E-state index in [1.807, 2.05) is 19.1 Å². The molecule has 0 bridgehead atoms. The van der Waals surface area contributed by atoms with Gasteiger partial charge in [-0.25, -0.2) is 4.79 Å². The SMILES string of the molecule is C/C=C/C=C/COC(=O)c1ccc(=O)n(C)c1. The van der Waals surface area contributed by atoms with Gasteiger partial charge in [-0.05, 0) is 19.1 Å². The van der Waals surface area contributed by atoms with Crippen molar-refractivity contribution in [1.29, 1.82) is 0 Å². The number of esters is 1. The second kappa shape index (κ2) is 6.48. The number of hydrogen-bond donors (Lipinski definition) is 0. The maximum absolute atomic E-state index is 11.6. The lowest BCUT2D eigenvalue weighted by Crippen LogP contribution is -2.17. The average molecular weight is 233 g/mol. The Morgan fingerprint density at radius 3 is 2.82 bits per heavy atom. The fourth-order valence-electron chi connectivity index (χ4n) is 1.17. The summed E-state index contributed by atoms with van der Waals surface area (Å²) in [6.07, 6.45) is 8.72. The van der Waals surface area contributed by atoms with Gasteiger partial charge >= 0.3 is 5.97 Å². The van der Waals surface area contributed by atoms with Crippen LogP contribution in [0.25, 0.3) is 0 Å². The van der Waals surface area contributed by atoms with Crippen molar-refractivity contribution in [2.24, 2.45) is 7.05 Å². The first kappa shape index (κ1) is 13.0. The summed E-state index contributed by atoms with van der Waals surface area (Å²) in [7, 11) is 1.59. The van der Waals surface area contributed by atoms with Crippen LogP contribution in [0.2, 0.25) is 0 Å². The number of pyridine rings is 1. The van der Waals surface area contributed by atoms with Gasteiger partial charge in [-0.3, -0.25) is 4.79 Å². The van der Waals surface area contributed by atoms with Crippen molar-refractivity contribution in [3.05, 3.63) is 58.6 Å². The van der Waals surface area contributed by atoms with Crippen molar-refractivity contribution < 1.29 is 9.53 Å². The quantitative estimate of drug-likeness (QED) is 0.587. The van der Waals surface area contributed by atoms with Crippen molar-refractivity contribution in [3.63, 3.8) is 0 Å². The number of carbonyl (C=O) groups is 1. The fourth-order valence-corrected chi connectivity index (χ4v) is 1.17. The summed E-state index contributed by atoms with van der Waals surface area (Å²) in [6.45, 7) is 2.12. The molecule has 0 amide bonds. The zero-order valence-corrected chi connectivity index (χ0v) is 9.92. The van der Waals surface area contributed by atoms with E-state index in [9.17, 15) is 9.59 Å². The van der Waals surface area contributed by atoms with Gasteiger partial charge in [0.15, 0.2) is 0 Å². The molecular weight excluding hydrogens is 218 g/mol.